The number of ether oxygens (including phenoxy) is 2. The van der Waals surface area contributed by atoms with Gasteiger partial charge in [-0.1, -0.05) is 60.7 Å². The molecule has 34 heavy (non-hydrogen) atoms. The topological polar surface area (TPSA) is 30.5 Å². The third kappa shape index (κ3) is 5.78. The molecule has 0 spiro atoms. The molecule has 3 aromatic carbocycles. The van der Waals surface area contributed by atoms with Crippen molar-refractivity contribution in [1.29, 1.82) is 0 Å². The third-order valence-electron chi connectivity index (χ3n) is 5.50. The number of hydrogen-bond donors (Lipinski definition) is 1. The fourth-order valence-corrected chi connectivity index (χ4v) is 3.85. The van der Waals surface area contributed by atoms with Gasteiger partial charge in [-0.15, -0.1) is 0 Å². The van der Waals surface area contributed by atoms with Gasteiger partial charge >= 0.3 is 12.4 Å². The highest BCUT2D eigenvalue weighted by Gasteiger charge is 2.37. The molecule has 1 saturated heterocycles. The summed E-state index contributed by atoms with van der Waals surface area (Å²) in [5.41, 5.74) is -1.22. The Balaban J connectivity index is 1.57. The molecule has 0 aromatic heterocycles. The molecule has 3 atom stereocenters. The van der Waals surface area contributed by atoms with Crippen LogP contribution in [0.3, 0.4) is 0 Å². The highest BCUT2D eigenvalue weighted by molar-refractivity contribution is 5.33. The SMILES string of the molecule is FC(F)(F)c1cc(CO[C@H]2OC[C@H](c3ccccc3)N[C@@H]2c2ccccc2)cc(C(F)(F)F)c1. The lowest BCUT2D eigenvalue weighted by Crippen LogP contribution is -2.45. The first-order valence-electron chi connectivity index (χ1n) is 10.5. The fraction of sp³-hybridized carbons (Fsp3) is 0.280. The minimum atomic E-state index is -4.92. The number of benzene rings is 3. The second kappa shape index (κ2) is 9.77. The van der Waals surface area contributed by atoms with Crippen LogP contribution in [0.25, 0.3) is 0 Å². The Labute approximate surface area is 192 Å². The number of morpholine rings is 1. The molecule has 1 fully saturated rings. The number of alkyl halides is 6. The van der Waals surface area contributed by atoms with Crippen molar-refractivity contribution in [3.8, 4) is 0 Å². The minimum Gasteiger partial charge on any atom is -0.349 e. The molecule has 0 bridgehead atoms. The monoisotopic (exact) mass is 481 g/mol. The molecular weight excluding hydrogens is 460 g/mol. The van der Waals surface area contributed by atoms with Gasteiger partial charge in [-0.3, -0.25) is 5.32 Å². The molecule has 0 unspecified atom stereocenters. The standard InChI is InChI=1S/C25H21F6NO2/c26-24(27,28)19-11-16(12-20(13-19)25(29,30)31)14-33-23-22(18-9-5-2-6-10-18)32-21(15-34-23)17-7-3-1-4-8-17/h1-13,21-23,32H,14-15H2/t21-,22-,23+/m1/s1. The lowest BCUT2D eigenvalue weighted by atomic mass is 10.00. The van der Waals surface area contributed by atoms with Crippen LogP contribution in [0.2, 0.25) is 0 Å². The Morgan fingerprint density at radius 2 is 1.29 bits per heavy atom. The maximum atomic E-state index is 13.2. The fourth-order valence-electron chi connectivity index (χ4n) is 3.85. The maximum absolute atomic E-state index is 13.2. The van der Waals surface area contributed by atoms with Crippen LogP contribution in [0, 0.1) is 0 Å². The van der Waals surface area contributed by atoms with Gasteiger partial charge in [-0.05, 0) is 34.9 Å². The summed E-state index contributed by atoms with van der Waals surface area (Å²) in [6, 6.07) is 19.5. The van der Waals surface area contributed by atoms with Gasteiger partial charge in [0.1, 0.15) is 0 Å². The van der Waals surface area contributed by atoms with E-state index in [9.17, 15) is 26.3 Å². The van der Waals surface area contributed by atoms with Crippen molar-refractivity contribution in [1.82, 2.24) is 5.32 Å². The molecule has 1 N–H and O–H groups in total. The van der Waals surface area contributed by atoms with Gasteiger partial charge in [-0.25, -0.2) is 0 Å². The highest BCUT2D eigenvalue weighted by atomic mass is 19.4. The van der Waals surface area contributed by atoms with E-state index >= 15 is 0 Å². The van der Waals surface area contributed by atoms with Crippen molar-refractivity contribution in [2.24, 2.45) is 0 Å². The Morgan fingerprint density at radius 3 is 1.82 bits per heavy atom. The van der Waals surface area contributed by atoms with Crippen LogP contribution in [0.1, 0.15) is 39.9 Å². The molecule has 4 rings (SSSR count). The van der Waals surface area contributed by atoms with Crippen LogP contribution < -0.4 is 5.32 Å². The lowest BCUT2D eigenvalue weighted by molar-refractivity contribution is -0.194. The summed E-state index contributed by atoms with van der Waals surface area (Å²) >= 11 is 0. The number of hydrogen-bond acceptors (Lipinski definition) is 3. The van der Waals surface area contributed by atoms with E-state index in [1.54, 1.807) is 0 Å². The summed E-state index contributed by atoms with van der Waals surface area (Å²) in [5, 5.41) is 3.43. The van der Waals surface area contributed by atoms with Crippen molar-refractivity contribution < 1.29 is 35.8 Å². The van der Waals surface area contributed by atoms with E-state index in [-0.39, 0.29) is 24.3 Å². The molecule has 0 saturated carbocycles. The van der Waals surface area contributed by atoms with Gasteiger partial charge in [0, 0.05) is 0 Å². The first kappa shape index (κ1) is 24.3. The van der Waals surface area contributed by atoms with Gasteiger partial charge in [0.15, 0.2) is 6.29 Å². The molecule has 0 amide bonds. The summed E-state index contributed by atoms with van der Waals surface area (Å²) in [5.74, 6) is 0. The molecule has 180 valence electrons. The van der Waals surface area contributed by atoms with Gasteiger partial charge in [0.05, 0.1) is 36.4 Å². The van der Waals surface area contributed by atoms with Gasteiger partial charge in [0.2, 0.25) is 0 Å². The average Bonchev–Trinajstić information content (AvgIpc) is 2.82. The summed E-state index contributed by atoms with van der Waals surface area (Å²) in [6.07, 6.45) is -10.8. The van der Waals surface area contributed by atoms with Crippen LogP contribution in [0.5, 0.6) is 0 Å². The maximum Gasteiger partial charge on any atom is 0.416 e. The molecule has 0 radical (unpaired) electrons. The zero-order chi connectivity index (χ0) is 24.3. The normalized spacial score (nSPS) is 21.4. The van der Waals surface area contributed by atoms with Crippen molar-refractivity contribution >= 4 is 0 Å². The molecule has 1 heterocycles. The van der Waals surface area contributed by atoms with Gasteiger partial charge in [-0.2, -0.15) is 26.3 Å². The predicted octanol–water partition coefficient (Wildman–Crippen LogP) is 6.67. The molecule has 9 heteroatoms. The summed E-state index contributed by atoms with van der Waals surface area (Å²) in [6.45, 7) is -0.271. The second-order valence-electron chi connectivity index (χ2n) is 7.95. The Morgan fingerprint density at radius 1 is 0.765 bits per heavy atom. The zero-order valence-corrected chi connectivity index (χ0v) is 17.7. The summed E-state index contributed by atoms with van der Waals surface area (Å²) in [4.78, 5) is 0. The van der Waals surface area contributed by atoms with Crippen LogP contribution in [0.15, 0.2) is 78.9 Å². The third-order valence-corrected chi connectivity index (χ3v) is 5.50. The first-order valence-corrected chi connectivity index (χ1v) is 10.5. The average molecular weight is 481 g/mol. The molecule has 0 aliphatic carbocycles. The largest absolute Gasteiger partial charge is 0.416 e. The second-order valence-corrected chi connectivity index (χ2v) is 7.95. The minimum absolute atomic E-state index is 0.0966. The lowest BCUT2D eigenvalue weighted by Gasteiger charge is -2.38. The first-order chi connectivity index (χ1) is 16.1. The predicted molar refractivity (Wildman–Crippen MR) is 112 cm³/mol. The van der Waals surface area contributed by atoms with Gasteiger partial charge < -0.3 is 9.47 Å². The molecule has 1 aliphatic rings. The molecule has 1 aliphatic heterocycles. The number of nitrogens with one attached hydrogen (secondary N) is 1. The van der Waals surface area contributed by atoms with Gasteiger partial charge in [0.25, 0.3) is 0 Å². The van der Waals surface area contributed by atoms with E-state index in [0.717, 1.165) is 11.1 Å². The van der Waals surface area contributed by atoms with Crippen molar-refractivity contribution in [3.05, 3.63) is 107 Å². The zero-order valence-electron chi connectivity index (χ0n) is 17.7. The van der Waals surface area contributed by atoms with E-state index in [4.69, 9.17) is 9.47 Å². The van der Waals surface area contributed by atoms with E-state index in [2.05, 4.69) is 5.32 Å². The van der Waals surface area contributed by atoms with Crippen LogP contribution in [-0.2, 0) is 28.4 Å². The van der Waals surface area contributed by atoms with E-state index in [0.29, 0.717) is 12.1 Å². The Hall–Kier alpha value is -2.88. The van der Waals surface area contributed by atoms with E-state index in [1.165, 1.54) is 0 Å². The summed E-state index contributed by atoms with van der Waals surface area (Å²) < 4.78 is 90.7. The molecule has 3 aromatic rings. The van der Waals surface area contributed by atoms with E-state index < -0.39 is 42.4 Å². The van der Waals surface area contributed by atoms with Crippen LogP contribution >= 0.6 is 0 Å². The van der Waals surface area contributed by atoms with Crippen molar-refractivity contribution in [2.75, 3.05) is 6.61 Å². The van der Waals surface area contributed by atoms with Crippen molar-refractivity contribution in [2.45, 2.75) is 37.3 Å². The van der Waals surface area contributed by atoms with Crippen molar-refractivity contribution in [3.63, 3.8) is 0 Å². The van der Waals surface area contributed by atoms with Crippen LogP contribution in [-0.4, -0.2) is 12.9 Å². The highest BCUT2D eigenvalue weighted by Crippen LogP contribution is 2.37. The molecule has 3 nitrogen and oxygen atoms in total. The number of halogens is 6. The Kier molecular flexibility index (Phi) is 6.97. The number of rotatable bonds is 5. The summed E-state index contributed by atoms with van der Waals surface area (Å²) in [7, 11) is 0. The smallest absolute Gasteiger partial charge is 0.349 e. The Bertz CT molecular complexity index is 1050. The van der Waals surface area contributed by atoms with E-state index in [1.807, 2.05) is 60.7 Å². The van der Waals surface area contributed by atoms with Crippen LogP contribution in [0.4, 0.5) is 26.3 Å². The molecular formula is C25H21F6NO2. The quantitative estimate of drug-likeness (QED) is 0.413.